The maximum atomic E-state index is 12.3. The van der Waals surface area contributed by atoms with E-state index < -0.39 is 15.7 Å². The van der Waals surface area contributed by atoms with Crippen LogP contribution >= 0.6 is 34.8 Å². The number of hydrogen-bond acceptors (Lipinski definition) is 4. The summed E-state index contributed by atoms with van der Waals surface area (Å²) < 4.78 is 4.03. The fourth-order valence-corrected chi connectivity index (χ4v) is 3.85. The third-order valence-corrected chi connectivity index (χ3v) is 6.28. The van der Waals surface area contributed by atoms with Gasteiger partial charge in [0.15, 0.2) is 6.61 Å². The maximum Gasteiger partial charge on any atom is 0.315 e. The van der Waals surface area contributed by atoms with Gasteiger partial charge in [0, 0.05) is 32.6 Å². The molecular formula is C17H19Cl3N2O3. The van der Waals surface area contributed by atoms with Crippen LogP contribution in [0.5, 0.6) is 0 Å². The second-order valence-electron chi connectivity index (χ2n) is 6.61. The quantitative estimate of drug-likeness (QED) is 0.570. The first-order valence-corrected chi connectivity index (χ1v) is 9.20. The summed E-state index contributed by atoms with van der Waals surface area (Å²) in [5, 5.41) is 0.694. The zero-order valence-electron chi connectivity index (χ0n) is 13.8. The van der Waals surface area contributed by atoms with Gasteiger partial charge in [-0.3, -0.25) is 9.59 Å². The van der Waals surface area contributed by atoms with E-state index in [4.69, 9.17) is 39.5 Å². The number of carbonyl (C=O) groups excluding carboxylic acids is 2. The minimum Gasteiger partial charge on any atom is -0.455 e. The average molecular weight is 406 g/mol. The van der Waals surface area contributed by atoms with E-state index in [1.807, 2.05) is 24.3 Å². The highest BCUT2D eigenvalue weighted by Crippen LogP contribution is 2.64. The molecule has 1 amide bonds. The van der Waals surface area contributed by atoms with Crippen LogP contribution in [-0.2, 0) is 14.3 Å². The Bertz CT molecular complexity index is 689. The number of alkyl halides is 2. The Kier molecular flexibility index (Phi) is 5.11. The number of ether oxygens (including phenoxy) is 1. The molecule has 2 fully saturated rings. The van der Waals surface area contributed by atoms with Crippen molar-refractivity contribution in [1.29, 1.82) is 0 Å². The Balaban J connectivity index is 1.48. The van der Waals surface area contributed by atoms with Crippen LogP contribution in [0.2, 0.25) is 5.02 Å². The minimum absolute atomic E-state index is 0.217. The molecule has 1 aromatic carbocycles. The molecule has 8 heteroatoms. The number of benzene rings is 1. The number of para-hydroxylation sites is 1. The van der Waals surface area contributed by atoms with E-state index in [2.05, 4.69) is 4.90 Å². The maximum absolute atomic E-state index is 12.3. The van der Waals surface area contributed by atoms with E-state index in [9.17, 15) is 9.59 Å². The van der Waals surface area contributed by atoms with Crippen molar-refractivity contribution in [2.75, 3.05) is 37.7 Å². The summed E-state index contributed by atoms with van der Waals surface area (Å²) in [5.74, 6) is -0.744. The number of piperazine rings is 1. The summed E-state index contributed by atoms with van der Waals surface area (Å²) in [5.41, 5.74) is 0.0454. The lowest BCUT2D eigenvalue weighted by atomic mass is 10.1. The number of hydrogen-bond donors (Lipinski definition) is 0. The van der Waals surface area contributed by atoms with Crippen molar-refractivity contribution in [2.45, 2.75) is 17.7 Å². The zero-order valence-corrected chi connectivity index (χ0v) is 16.1. The minimum atomic E-state index is -1.09. The lowest BCUT2D eigenvalue weighted by Crippen LogP contribution is -2.50. The molecule has 2 aliphatic rings. The summed E-state index contributed by atoms with van der Waals surface area (Å²) in [6.07, 6.45) is 0.340. The third kappa shape index (κ3) is 3.69. The average Bonchev–Trinajstić information content (AvgIpc) is 3.12. The van der Waals surface area contributed by atoms with Gasteiger partial charge in [0.05, 0.1) is 10.7 Å². The van der Waals surface area contributed by atoms with Gasteiger partial charge in [0.1, 0.15) is 9.75 Å². The number of esters is 1. The van der Waals surface area contributed by atoms with Crippen LogP contribution in [-0.4, -0.2) is 53.9 Å². The van der Waals surface area contributed by atoms with Gasteiger partial charge in [-0.1, -0.05) is 23.7 Å². The fourth-order valence-electron chi connectivity index (χ4n) is 2.90. The van der Waals surface area contributed by atoms with Crippen molar-refractivity contribution in [3.8, 4) is 0 Å². The second kappa shape index (κ2) is 6.86. The molecule has 0 radical (unpaired) electrons. The molecule has 5 nitrogen and oxygen atoms in total. The van der Waals surface area contributed by atoms with Crippen molar-refractivity contribution in [2.24, 2.45) is 5.41 Å². The predicted octanol–water partition coefficient (Wildman–Crippen LogP) is 3.12. The number of anilines is 1. The molecule has 0 aromatic heterocycles. The smallest absolute Gasteiger partial charge is 0.315 e. The molecule has 1 aromatic rings. The van der Waals surface area contributed by atoms with Gasteiger partial charge < -0.3 is 14.5 Å². The largest absolute Gasteiger partial charge is 0.455 e. The van der Waals surface area contributed by atoms with Crippen molar-refractivity contribution < 1.29 is 14.3 Å². The summed E-state index contributed by atoms with van der Waals surface area (Å²) >= 11 is 18.1. The molecule has 1 saturated heterocycles. The molecule has 1 heterocycles. The molecule has 1 aliphatic carbocycles. The number of carbonyl (C=O) groups is 2. The van der Waals surface area contributed by atoms with E-state index in [1.165, 1.54) is 0 Å². The van der Waals surface area contributed by atoms with E-state index in [1.54, 1.807) is 11.8 Å². The molecule has 0 spiro atoms. The normalized spacial score (nSPS) is 24.8. The summed E-state index contributed by atoms with van der Waals surface area (Å²) in [4.78, 5) is 28.1. The molecule has 25 heavy (non-hydrogen) atoms. The molecule has 1 saturated carbocycles. The number of halogens is 3. The van der Waals surface area contributed by atoms with Gasteiger partial charge in [-0.15, -0.1) is 23.2 Å². The Morgan fingerprint density at radius 1 is 1.16 bits per heavy atom. The Morgan fingerprint density at radius 2 is 1.76 bits per heavy atom. The van der Waals surface area contributed by atoms with Gasteiger partial charge in [0.25, 0.3) is 5.91 Å². The van der Waals surface area contributed by atoms with E-state index >= 15 is 0 Å². The topological polar surface area (TPSA) is 49.9 Å². The molecule has 0 N–H and O–H groups in total. The van der Waals surface area contributed by atoms with Crippen LogP contribution in [0.3, 0.4) is 0 Å². The van der Waals surface area contributed by atoms with Gasteiger partial charge in [-0.05, 0) is 19.1 Å². The molecule has 1 aliphatic heterocycles. The molecular weight excluding hydrogens is 387 g/mol. The summed E-state index contributed by atoms with van der Waals surface area (Å²) in [7, 11) is 0. The standard InChI is InChI=1S/C17H19Cl3N2O3/c1-16(11-17(16,19)20)15(24)25-10-14(23)22-8-6-21(7-9-22)13-5-3-2-4-12(13)18/h2-5H,6-11H2,1H3/t16-/m1/s1. The first-order chi connectivity index (χ1) is 11.7. The Hall–Kier alpha value is -1.17. The van der Waals surface area contributed by atoms with E-state index in [0.717, 1.165) is 5.69 Å². The molecule has 3 rings (SSSR count). The van der Waals surface area contributed by atoms with Crippen LogP contribution in [0.1, 0.15) is 13.3 Å². The monoisotopic (exact) mass is 404 g/mol. The predicted molar refractivity (Wildman–Crippen MR) is 98.4 cm³/mol. The first kappa shape index (κ1) is 18.6. The van der Waals surface area contributed by atoms with Crippen molar-refractivity contribution >= 4 is 52.4 Å². The van der Waals surface area contributed by atoms with Crippen molar-refractivity contribution in [3.05, 3.63) is 29.3 Å². The van der Waals surface area contributed by atoms with E-state index in [-0.39, 0.29) is 12.5 Å². The first-order valence-electron chi connectivity index (χ1n) is 8.07. The van der Waals surface area contributed by atoms with Crippen LogP contribution in [0.25, 0.3) is 0 Å². The van der Waals surface area contributed by atoms with Crippen molar-refractivity contribution in [1.82, 2.24) is 4.90 Å². The van der Waals surface area contributed by atoms with Crippen LogP contribution < -0.4 is 4.90 Å². The highest BCUT2D eigenvalue weighted by atomic mass is 35.5. The van der Waals surface area contributed by atoms with Gasteiger partial charge in [-0.25, -0.2) is 0 Å². The van der Waals surface area contributed by atoms with E-state index in [0.29, 0.717) is 37.6 Å². The van der Waals surface area contributed by atoms with Crippen LogP contribution in [0.4, 0.5) is 5.69 Å². The third-order valence-electron chi connectivity index (χ3n) is 4.86. The van der Waals surface area contributed by atoms with Gasteiger partial charge in [-0.2, -0.15) is 0 Å². The number of rotatable bonds is 4. The Morgan fingerprint density at radius 3 is 2.32 bits per heavy atom. The lowest BCUT2D eigenvalue weighted by molar-refractivity contribution is -0.156. The van der Waals surface area contributed by atoms with Gasteiger partial charge >= 0.3 is 5.97 Å². The second-order valence-corrected chi connectivity index (χ2v) is 8.50. The van der Waals surface area contributed by atoms with Crippen LogP contribution in [0.15, 0.2) is 24.3 Å². The summed E-state index contributed by atoms with van der Waals surface area (Å²) in [6.45, 7) is 3.80. The Labute approximate surface area is 161 Å². The highest BCUT2D eigenvalue weighted by molar-refractivity contribution is 6.53. The molecule has 0 bridgehead atoms. The molecule has 1 atom stereocenters. The zero-order chi connectivity index (χ0) is 18.2. The highest BCUT2D eigenvalue weighted by Gasteiger charge is 2.69. The summed E-state index contributed by atoms with van der Waals surface area (Å²) in [6, 6.07) is 7.63. The SMILES string of the molecule is C[C@]1(C(=O)OCC(=O)N2CCN(c3ccccc3Cl)CC2)CC1(Cl)Cl. The van der Waals surface area contributed by atoms with Gasteiger partial charge in [0.2, 0.25) is 0 Å². The van der Waals surface area contributed by atoms with Crippen LogP contribution in [0, 0.1) is 5.41 Å². The molecule has 136 valence electrons. The lowest BCUT2D eigenvalue weighted by Gasteiger charge is -2.36. The molecule has 0 unspecified atom stereocenters. The number of nitrogens with zero attached hydrogens (tertiary/aromatic N) is 2. The number of amides is 1. The van der Waals surface area contributed by atoms with Crippen molar-refractivity contribution in [3.63, 3.8) is 0 Å². The fraction of sp³-hybridized carbons (Fsp3) is 0.529.